The minimum Gasteiger partial charge on any atom is -0.480 e. The fourth-order valence-corrected chi connectivity index (χ4v) is 2.48. The summed E-state index contributed by atoms with van der Waals surface area (Å²) in [6, 6.07) is 6.02. The van der Waals surface area contributed by atoms with Gasteiger partial charge in [-0.25, -0.2) is 8.78 Å². The van der Waals surface area contributed by atoms with E-state index in [1.165, 1.54) is 19.1 Å². The highest BCUT2D eigenvalue weighted by molar-refractivity contribution is 6.21. The lowest BCUT2D eigenvalue weighted by atomic mass is 9.88. The Labute approximate surface area is 146 Å². The van der Waals surface area contributed by atoms with Gasteiger partial charge >= 0.3 is 11.9 Å². The van der Waals surface area contributed by atoms with Crippen molar-refractivity contribution < 1.29 is 37.8 Å². The average molecular weight is 367 g/mol. The average Bonchev–Trinajstić information content (AvgIpc) is 2.83. The summed E-state index contributed by atoms with van der Waals surface area (Å²) in [5.41, 5.74) is -2.89. The summed E-state index contributed by atoms with van der Waals surface area (Å²) in [6.07, 6.45) is -2.25. The number of ether oxygens (including phenoxy) is 1. The molecule has 1 aliphatic rings. The topological polar surface area (TPSA) is 101 Å². The first-order valence-electron chi connectivity index (χ1n) is 7.59. The Balaban J connectivity index is 2.27. The zero-order valence-corrected chi connectivity index (χ0v) is 13.6. The molecule has 0 saturated carbocycles. The van der Waals surface area contributed by atoms with E-state index >= 15 is 0 Å². The molecule has 9 heteroatoms. The van der Waals surface area contributed by atoms with Gasteiger partial charge in [0.2, 0.25) is 5.41 Å². The van der Waals surface area contributed by atoms with Gasteiger partial charge in [0.25, 0.3) is 18.2 Å². The third kappa shape index (κ3) is 3.07. The molecular weight excluding hydrogens is 352 g/mol. The molecule has 1 N–H and O–H groups in total. The third-order valence-corrected chi connectivity index (χ3v) is 3.86. The fraction of sp³-hybridized carbons (Fsp3) is 0.294. The number of alkyl halides is 2. The lowest BCUT2D eigenvalue weighted by Crippen LogP contribution is -2.45. The highest BCUT2D eigenvalue weighted by atomic mass is 19.3. The number of aliphatic carboxylic acids is 1. The Hall–Kier alpha value is -3.10. The largest absolute Gasteiger partial charge is 0.480 e. The van der Waals surface area contributed by atoms with Crippen LogP contribution in [0.25, 0.3) is 0 Å². The summed E-state index contributed by atoms with van der Waals surface area (Å²) in [5, 5.41) is 9.15. The van der Waals surface area contributed by atoms with E-state index in [0.29, 0.717) is 6.08 Å². The number of benzene rings is 1. The lowest BCUT2D eigenvalue weighted by molar-refractivity contribution is -0.174. The predicted octanol–water partition coefficient (Wildman–Crippen LogP) is 1.74. The van der Waals surface area contributed by atoms with Crippen LogP contribution in [0, 0.1) is 5.41 Å². The maximum absolute atomic E-state index is 13.4. The molecule has 1 heterocycles. The van der Waals surface area contributed by atoms with Crippen molar-refractivity contribution in [2.45, 2.75) is 13.3 Å². The van der Waals surface area contributed by atoms with Gasteiger partial charge in [0.15, 0.2) is 0 Å². The van der Waals surface area contributed by atoms with Crippen LogP contribution in [0.15, 0.2) is 36.4 Å². The van der Waals surface area contributed by atoms with Crippen LogP contribution in [0.3, 0.4) is 0 Å². The number of fused-ring (bicyclic) bond motifs is 1. The molecule has 1 atom stereocenters. The molecule has 1 aromatic carbocycles. The molecule has 1 aliphatic heterocycles. The smallest absolute Gasteiger partial charge is 0.333 e. The van der Waals surface area contributed by atoms with Gasteiger partial charge in [-0.3, -0.25) is 24.1 Å². The summed E-state index contributed by atoms with van der Waals surface area (Å²) in [5.74, 6) is -4.99. The monoisotopic (exact) mass is 367 g/mol. The molecule has 0 bridgehead atoms. The molecule has 2 rings (SSSR count). The first kappa shape index (κ1) is 19.2. The molecule has 7 nitrogen and oxygen atoms in total. The number of nitrogens with zero attached hydrogens (tertiary/aromatic N) is 1. The van der Waals surface area contributed by atoms with Crippen LogP contribution in [0.2, 0.25) is 0 Å². The number of esters is 1. The van der Waals surface area contributed by atoms with Gasteiger partial charge in [-0.2, -0.15) is 0 Å². The molecule has 2 amide bonds. The molecule has 0 spiro atoms. The summed E-state index contributed by atoms with van der Waals surface area (Å²) in [4.78, 5) is 48.3. The van der Waals surface area contributed by atoms with E-state index in [9.17, 15) is 28.0 Å². The van der Waals surface area contributed by atoms with Crippen molar-refractivity contribution in [2.24, 2.45) is 5.41 Å². The maximum Gasteiger partial charge on any atom is 0.333 e. The number of carbonyl (C=O) groups excluding carboxylic acids is 3. The van der Waals surface area contributed by atoms with Gasteiger partial charge in [0.1, 0.15) is 0 Å². The van der Waals surface area contributed by atoms with Crippen LogP contribution in [0.4, 0.5) is 8.78 Å². The molecular formula is C17H15F2NO6. The van der Waals surface area contributed by atoms with Gasteiger partial charge in [-0.15, -0.1) is 0 Å². The highest BCUT2D eigenvalue weighted by Crippen LogP contribution is 2.31. The summed E-state index contributed by atoms with van der Waals surface area (Å²) >= 11 is 0. The first-order chi connectivity index (χ1) is 12.3. The summed E-state index contributed by atoms with van der Waals surface area (Å²) in [7, 11) is 0. The predicted molar refractivity (Wildman–Crippen MR) is 83.7 cm³/mol. The Morgan fingerprint density at radius 3 is 2.19 bits per heavy atom. The van der Waals surface area contributed by atoms with Crippen molar-refractivity contribution in [2.75, 3.05) is 13.2 Å². The molecule has 1 unspecified atom stereocenters. The van der Waals surface area contributed by atoms with E-state index < -0.39 is 42.1 Å². The van der Waals surface area contributed by atoms with Crippen LogP contribution in [-0.2, 0) is 14.3 Å². The summed E-state index contributed by atoms with van der Waals surface area (Å²) in [6.45, 7) is 0.596. The van der Waals surface area contributed by atoms with Crippen LogP contribution in [-0.4, -0.2) is 53.3 Å². The molecule has 0 fully saturated rings. The maximum atomic E-state index is 13.4. The summed E-state index contributed by atoms with van der Waals surface area (Å²) < 4.78 is 31.2. The standard InChI is InChI=1S/C17H15F2NO6/c1-2-26-16(25)17(14(18)19,15(23)24)8-5-9-20-12(21)10-6-3-4-7-11(10)13(20)22/h3-8,14H,2,9H2,1H3,(H,23,24)/b8-5+. The highest BCUT2D eigenvalue weighted by Gasteiger charge is 2.54. The molecule has 0 aliphatic carbocycles. The van der Waals surface area contributed by atoms with E-state index in [-0.39, 0.29) is 17.7 Å². The van der Waals surface area contributed by atoms with Gasteiger partial charge < -0.3 is 9.84 Å². The zero-order chi connectivity index (χ0) is 19.5. The van der Waals surface area contributed by atoms with Crippen molar-refractivity contribution in [1.82, 2.24) is 4.90 Å². The molecule has 26 heavy (non-hydrogen) atoms. The van der Waals surface area contributed by atoms with Gasteiger partial charge in [-0.1, -0.05) is 24.3 Å². The Morgan fingerprint density at radius 2 is 1.77 bits per heavy atom. The van der Waals surface area contributed by atoms with Gasteiger partial charge in [0.05, 0.1) is 17.7 Å². The van der Waals surface area contributed by atoms with Gasteiger partial charge in [-0.05, 0) is 19.1 Å². The Morgan fingerprint density at radius 1 is 1.23 bits per heavy atom. The zero-order valence-electron chi connectivity index (χ0n) is 13.6. The van der Waals surface area contributed by atoms with E-state index in [1.54, 1.807) is 12.1 Å². The second-order valence-electron chi connectivity index (χ2n) is 5.36. The van der Waals surface area contributed by atoms with Crippen molar-refractivity contribution in [3.63, 3.8) is 0 Å². The van der Waals surface area contributed by atoms with Crippen LogP contribution in [0.5, 0.6) is 0 Å². The fourth-order valence-electron chi connectivity index (χ4n) is 2.48. The number of halogens is 2. The van der Waals surface area contributed by atoms with E-state index in [1.807, 2.05) is 0 Å². The van der Waals surface area contributed by atoms with E-state index in [0.717, 1.165) is 11.0 Å². The number of carbonyl (C=O) groups is 4. The normalized spacial score (nSPS) is 16.1. The molecule has 138 valence electrons. The number of imide groups is 1. The number of carboxylic acids is 1. The third-order valence-electron chi connectivity index (χ3n) is 3.86. The van der Waals surface area contributed by atoms with Crippen LogP contribution in [0.1, 0.15) is 27.6 Å². The molecule has 0 saturated heterocycles. The van der Waals surface area contributed by atoms with Crippen molar-refractivity contribution in [1.29, 1.82) is 0 Å². The second-order valence-corrected chi connectivity index (χ2v) is 5.36. The minimum absolute atomic E-state index is 0.162. The van der Waals surface area contributed by atoms with E-state index in [2.05, 4.69) is 4.74 Å². The molecule has 0 aromatic heterocycles. The molecule has 0 radical (unpaired) electrons. The van der Waals surface area contributed by atoms with Crippen molar-refractivity contribution in [3.05, 3.63) is 47.5 Å². The number of hydrogen-bond donors (Lipinski definition) is 1. The van der Waals surface area contributed by atoms with Gasteiger partial charge in [0, 0.05) is 6.54 Å². The minimum atomic E-state index is -3.59. The Kier molecular flexibility index (Phi) is 5.49. The van der Waals surface area contributed by atoms with E-state index in [4.69, 9.17) is 5.11 Å². The second kappa shape index (κ2) is 7.42. The van der Waals surface area contributed by atoms with Crippen molar-refractivity contribution >= 4 is 23.8 Å². The number of amides is 2. The SMILES string of the molecule is CCOC(=O)C(/C=C/CN1C(=O)c2ccccc2C1=O)(C(=O)O)C(F)F. The number of rotatable bonds is 7. The first-order valence-corrected chi connectivity index (χ1v) is 7.59. The molecule has 1 aromatic rings. The quantitative estimate of drug-likeness (QED) is 0.341. The number of hydrogen-bond acceptors (Lipinski definition) is 5. The Bertz CT molecular complexity index is 756. The van der Waals surface area contributed by atoms with Crippen LogP contribution < -0.4 is 0 Å². The lowest BCUT2D eigenvalue weighted by Gasteiger charge is -2.23. The number of carboxylic acid groups (broad SMARTS) is 1. The van der Waals surface area contributed by atoms with Crippen LogP contribution >= 0.6 is 0 Å². The van der Waals surface area contributed by atoms with Crippen molar-refractivity contribution in [3.8, 4) is 0 Å².